The van der Waals surface area contributed by atoms with Crippen LogP contribution in [0.25, 0.3) is 6.08 Å². The normalized spacial score (nSPS) is 24.3. The molecule has 3 atom stereocenters. The average Bonchev–Trinajstić information content (AvgIpc) is 2.95. The molecule has 1 aliphatic rings. The monoisotopic (exact) mass is 374 g/mol. The molecule has 1 fully saturated rings. The lowest BCUT2D eigenvalue weighted by molar-refractivity contribution is -0.152. The number of likely N-dealkylation sites (tertiary alicyclic amines) is 1. The number of hydrogen-bond donors (Lipinski definition) is 0. The van der Waals surface area contributed by atoms with Crippen molar-refractivity contribution in [2.24, 2.45) is 11.3 Å². The largest absolute Gasteiger partial charge is 0.468 e. The molecule has 2 aromatic rings. The summed E-state index contributed by atoms with van der Waals surface area (Å²) in [4.78, 5) is 27.3. The summed E-state index contributed by atoms with van der Waals surface area (Å²) >= 11 is 0. The molecule has 0 aromatic heterocycles. The third-order valence-electron chi connectivity index (χ3n) is 5.31. The van der Waals surface area contributed by atoms with Gasteiger partial charge in [-0.2, -0.15) is 5.26 Å². The molecule has 142 valence electrons. The van der Waals surface area contributed by atoms with Crippen molar-refractivity contribution >= 4 is 18.0 Å². The minimum Gasteiger partial charge on any atom is -0.468 e. The minimum absolute atomic E-state index is 0.237. The van der Waals surface area contributed by atoms with E-state index in [0.29, 0.717) is 6.54 Å². The first-order valence-electron chi connectivity index (χ1n) is 9.12. The van der Waals surface area contributed by atoms with E-state index in [1.165, 1.54) is 7.11 Å². The summed E-state index contributed by atoms with van der Waals surface area (Å²) in [7, 11) is 1.25. The second-order valence-corrected chi connectivity index (χ2v) is 6.86. The molecule has 3 rings (SSSR count). The SMILES string of the molecule is COC(=O)[C@]1(C#N)[C@H](C)C(=O)N(Cc2ccccc2)[C@@H]1/C=C/c1ccccc1. The molecule has 1 saturated heterocycles. The fourth-order valence-corrected chi connectivity index (χ4v) is 3.74. The molecule has 5 nitrogen and oxygen atoms in total. The Kier molecular flexibility index (Phi) is 5.60. The van der Waals surface area contributed by atoms with Crippen molar-refractivity contribution in [1.29, 1.82) is 5.26 Å². The number of hydrogen-bond acceptors (Lipinski definition) is 4. The summed E-state index contributed by atoms with van der Waals surface area (Å²) in [6, 6.07) is 20.5. The molecular weight excluding hydrogens is 352 g/mol. The van der Waals surface area contributed by atoms with Crippen LogP contribution in [0.4, 0.5) is 0 Å². The summed E-state index contributed by atoms with van der Waals surface area (Å²) < 4.78 is 4.95. The fourth-order valence-electron chi connectivity index (χ4n) is 3.74. The number of ether oxygens (including phenoxy) is 1. The number of nitrogens with zero attached hydrogens (tertiary/aromatic N) is 2. The first-order valence-corrected chi connectivity index (χ1v) is 9.12. The van der Waals surface area contributed by atoms with Crippen LogP contribution in [0.5, 0.6) is 0 Å². The Bertz CT molecular complexity index is 918. The summed E-state index contributed by atoms with van der Waals surface area (Å²) in [6.07, 6.45) is 3.60. The van der Waals surface area contributed by atoms with Gasteiger partial charge in [0, 0.05) is 6.54 Å². The van der Waals surface area contributed by atoms with E-state index in [9.17, 15) is 14.9 Å². The summed E-state index contributed by atoms with van der Waals surface area (Å²) in [6.45, 7) is 1.94. The second-order valence-electron chi connectivity index (χ2n) is 6.86. The van der Waals surface area contributed by atoms with Crippen molar-refractivity contribution in [3.8, 4) is 6.07 Å². The van der Waals surface area contributed by atoms with E-state index in [2.05, 4.69) is 6.07 Å². The maximum Gasteiger partial charge on any atom is 0.329 e. The smallest absolute Gasteiger partial charge is 0.329 e. The maximum atomic E-state index is 13.1. The highest BCUT2D eigenvalue weighted by atomic mass is 16.5. The zero-order chi connectivity index (χ0) is 20.1. The van der Waals surface area contributed by atoms with Crippen molar-refractivity contribution in [2.75, 3.05) is 7.11 Å². The minimum atomic E-state index is -1.59. The van der Waals surface area contributed by atoms with E-state index in [1.54, 1.807) is 17.9 Å². The van der Waals surface area contributed by atoms with Crippen LogP contribution in [0.3, 0.4) is 0 Å². The summed E-state index contributed by atoms with van der Waals surface area (Å²) in [5.74, 6) is -1.73. The zero-order valence-electron chi connectivity index (χ0n) is 15.9. The lowest BCUT2D eigenvalue weighted by atomic mass is 9.74. The van der Waals surface area contributed by atoms with Crippen LogP contribution < -0.4 is 0 Å². The highest BCUT2D eigenvalue weighted by Gasteiger charge is 2.62. The van der Waals surface area contributed by atoms with E-state index in [4.69, 9.17) is 4.74 Å². The van der Waals surface area contributed by atoms with Crippen LogP contribution in [-0.4, -0.2) is 29.9 Å². The highest BCUT2D eigenvalue weighted by molar-refractivity contribution is 5.95. The van der Waals surface area contributed by atoms with Crippen LogP contribution in [0.2, 0.25) is 0 Å². The maximum absolute atomic E-state index is 13.1. The number of methoxy groups -OCH3 is 1. The highest BCUT2D eigenvalue weighted by Crippen LogP contribution is 2.44. The van der Waals surface area contributed by atoms with E-state index >= 15 is 0 Å². The third-order valence-corrected chi connectivity index (χ3v) is 5.31. The zero-order valence-corrected chi connectivity index (χ0v) is 15.9. The topological polar surface area (TPSA) is 70.4 Å². The van der Waals surface area contributed by atoms with Crippen LogP contribution in [0.15, 0.2) is 66.7 Å². The molecule has 1 amide bonds. The molecule has 5 heteroatoms. The van der Waals surface area contributed by atoms with E-state index in [1.807, 2.05) is 66.7 Å². The van der Waals surface area contributed by atoms with Crippen LogP contribution in [0, 0.1) is 22.7 Å². The van der Waals surface area contributed by atoms with Gasteiger partial charge in [0.05, 0.1) is 25.1 Å². The molecule has 2 aromatic carbocycles. The molecule has 0 unspecified atom stereocenters. The Morgan fingerprint density at radius 1 is 1.18 bits per heavy atom. The van der Waals surface area contributed by atoms with Gasteiger partial charge in [-0.3, -0.25) is 9.59 Å². The quantitative estimate of drug-likeness (QED) is 0.752. The van der Waals surface area contributed by atoms with E-state index < -0.39 is 23.3 Å². The Morgan fingerprint density at radius 3 is 2.36 bits per heavy atom. The molecule has 0 saturated carbocycles. The predicted octanol–water partition coefficient (Wildman–Crippen LogP) is 3.43. The van der Waals surface area contributed by atoms with E-state index in [-0.39, 0.29) is 5.91 Å². The Labute approximate surface area is 164 Å². The van der Waals surface area contributed by atoms with Gasteiger partial charge in [0.1, 0.15) is 0 Å². The van der Waals surface area contributed by atoms with Crippen LogP contribution >= 0.6 is 0 Å². The Balaban J connectivity index is 2.06. The predicted molar refractivity (Wildman–Crippen MR) is 105 cm³/mol. The van der Waals surface area contributed by atoms with Gasteiger partial charge in [0.25, 0.3) is 0 Å². The molecule has 0 aliphatic carbocycles. The average molecular weight is 374 g/mol. The van der Waals surface area contributed by atoms with Crippen molar-refractivity contribution < 1.29 is 14.3 Å². The van der Waals surface area contributed by atoms with Gasteiger partial charge in [0.15, 0.2) is 5.41 Å². The summed E-state index contributed by atoms with van der Waals surface area (Å²) in [5.41, 5.74) is 0.261. The number of benzene rings is 2. The lowest BCUT2D eigenvalue weighted by Crippen LogP contribution is -2.45. The van der Waals surface area contributed by atoms with Crippen LogP contribution in [-0.2, 0) is 20.9 Å². The number of esters is 1. The third kappa shape index (κ3) is 3.29. The number of rotatable bonds is 5. The number of amides is 1. The molecule has 0 radical (unpaired) electrons. The Hall–Kier alpha value is -3.39. The molecule has 0 bridgehead atoms. The first-order chi connectivity index (χ1) is 13.5. The van der Waals surface area contributed by atoms with Crippen molar-refractivity contribution in [3.63, 3.8) is 0 Å². The first kappa shape index (κ1) is 19.4. The van der Waals surface area contributed by atoms with Crippen molar-refractivity contribution in [1.82, 2.24) is 4.90 Å². The van der Waals surface area contributed by atoms with Crippen LogP contribution in [0.1, 0.15) is 18.1 Å². The van der Waals surface area contributed by atoms with Gasteiger partial charge in [-0.05, 0) is 11.1 Å². The number of carbonyl (C=O) groups excluding carboxylic acids is 2. The molecule has 1 aliphatic heterocycles. The number of carbonyl (C=O) groups is 2. The van der Waals surface area contributed by atoms with Gasteiger partial charge >= 0.3 is 5.97 Å². The van der Waals surface area contributed by atoms with E-state index in [0.717, 1.165) is 11.1 Å². The molecule has 1 heterocycles. The Morgan fingerprint density at radius 2 is 1.79 bits per heavy atom. The standard InChI is InChI=1S/C23H22N2O3/c1-17-21(26)25(15-19-11-7-4-8-12-19)20(23(17,16-24)22(27)28-2)14-13-18-9-5-3-6-10-18/h3-14,17,20H,15H2,1-2H3/b14-13+/t17-,20-,23-/m1/s1. The van der Waals surface area contributed by atoms with Crippen molar-refractivity contribution in [3.05, 3.63) is 77.9 Å². The molecule has 0 N–H and O–H groups in total. The summed E-state index contributed by atoms with van der Waals surface area (Å²) in [5, 5.41) is 9.99. The lowest BCUT2D eigenvalue weighted by Gasteiger charge is -2.29. The van der Waals surface area contributed by atoms with Gasteiger partial charge in [-0.15, -0.1) is 0 Å². The molecule has 0 spiro atoms. The number of nitriles is 1. The second kappa shape index (κ2) is 8.10. The van der Waals surface area contributed by atoms with Crippen molar-refractivity contribution in [2.45, 2.75) is 19.5 Å². The van der Waals surface area contributed by atoms with Gasteiger partial charge < -0.3 is 9.64 Å². The van der Waals surface area contributed by atoms with Gasteiger partial charge in [-0.25, -0.2) is 0 Å². The van der Waals surface area contributed by atoms with Gasteiger partial charge in [0.2, 0.25) is 5.91 Å². The molecule has 28 heavy (non-hydrogen) atoms. The fraction of sp³-hybridized carbons (Fsp3) is 0.261. The van der Waals surface area contributed by atoms with Gasteiger partial charge in [-0.1, -0.05) is 79.7 Å². The molecular formula is C23H22N2O3.